The predicted molar refractivity (Wildman–Crippen MR) is 119 cm³/mol. The van der Waals surface area contributed by atoms with E-state index in [1.54, 1.807) is 26.2 Å². The minimum absolute atomic E-state index is 0.0289. The summed E-state index contributed by atoms with van der Waals surface area (Å²) >= 11 is 0. The molecule has 180 valence electrons. The van der Waals surface area contributed by atoms with Crippen LogP contribution in [0.1, 0.15) is 27.6 Å². The Labute approximate surface area is 194 Å². The average Bonchev–Trinajstić information content (AvgIpc) is 3.19. The van der Waals surface area contributed by atoms with Crippen molar-refractivity contribution in [3.05, 3.63) is 65.4 Å². The molecule has 0 bridgehead atoms. The highest BCUT2D eigenvalue weighted by Crippen LogP contribution is 2.31. The number of rotatable bonds is 8. The number of hydrogen-bond acceptors (Lipinski definition) is 6. The molecule has 9 nitrogen and oxygen atoms in total. The molecule has 34 heavy (non-hydrogen) atoms. The number of hydrogen-bond donors (Lipinski definition) is 2. The normalized spacial score (nSPS) is 11.6. The number of benzene rings is 2. The van der Waals surface area contributed by atoms with E-state index in [0.717, 1.165) is 17.0 Å². The second kappa shape index (κ2) is 10.3. The number of nitrogens with zero attached hydrogens (tertiary/aromatic N) is 3. The van der Waals surface area contributed by atoms with Crippen molar-refractivity contribution >= 4 is 17.6 Å². The zero-order valence-corrected chi connectivity index (χ0v) is 19.0. The smallest absolute Gasteiger partial charge is 0.257 e. The van der Waals surface area contributed by atoms with E-state index in [1.165, 1.54) is 37.0 Å². The second-order valence-corrected chi connectivity index (χ2v) is 7.70. The van der Waals surface area contributed by atoms with E-state index in [2.05, 4.69) is 10.4 Å². The maximum Gasteiger partial charge on any atom is 0.257 e. The number of ether oxygens (including phenoxy) is 2. The van der Waals surface area contributed by atoms with Crippen LogP contribution in [0.3, 0.4) is 0 Å². The number of halogens is 2. The van der Waals surface area contributed by atoms with Gasteiger partial charge in [0.25, 0.3) is 11.8 Å². The van der Waals surface area contributed by atoms with Crippen LogP contribution in [0.15, 0.2) is 42.6 Å². The molecule has 2 aromatic carbocycles. The van der Waals surface area contributed by atoms with Crippen molar-refractivity contribution in [1.82, 2.24) is 14.7 Å². The summed E-state index contributed by atoms with van der Waals surface area (Å²) in [6, 6.07) is 7.18. The molecule has 0 saturated carbocycles. The van der Waals surface area contributed by atoms with Crippen molar-refractivity contribution in [2.24, 2.45) is 7.05 Å². The molecule has 0 aliphatic heterocycles. The SMILES string of the molecule is C[C@@H](CO)Oc1cc(Oc2cc(F)c(C(=O)N(C)C)cc2F)cc(C(=O)Nc2ccn(C)n2)c1. The maximum atomic E-state index is 14.6. The monoisotopic (exact) mass is 474 g/mol. The van der Waals surface area contributed by atoms with Gasteiger partial charge < -0.3 is 24.8 Å². The number of anilines is 1. The second-order valence-electron chi connectivity index (χ2n) is 7.70. The van der Waals surface area contributed by atoms with E-state index < -0.39 is 40.9 Å². The lowest BCUT2D eigenvalue weighted by molar-refractivity contribution is 0.0822. The molecule has 1 atom stereocenters. The fraction of sp³-hybridized carbons (Fsp3) is 0.261. The van der Waals surface area contributed by atoms with Gasteiger partial charge in [-0.1, -0.05) is 0 Å². The standard InChI is InChI=1S/C23H24F2N4O5/c1-13(12-30)33-15-7-14(22(31)26-21-5-6-29(4)27-21)8-16(9-15)34-20-11-18(24)17(10-19(20)25)23(32)28(2)3/h5-11,13,30H,12H2,1-4H3,(H,26,27,31)/t13-/m0/s1. The molecule has 0 radical (unpaired) electrons. The molecule has 1 aromatic heterocycles. The first kappa shape index (κ1) is 24.6. The molecule has 3 aromatic rings. The number of aliphatic hydroxyl groups is 1. The molecule has 11 heteroatoms. The van der Waals surface area contributed by atoms with Crippen LogP contribution in [-0.2, 0) is 7.05 Å². The van der Waals surface area contributed by atoms with Crippen LogP contribution < -0.4 is 14.8 Å². The van der Waals surface area contributed by atoms with Crippen molar-refractivity contribution in [3.8, 4) is 17.2 Å². The molecular weight excluding hydrogens is 450 g/mol. The van der Waals surface area contributed by atoms with Crippen molar-refractivity contribution in [2.45, 2.75) is 13.0 Å². The average molecular weight is 474 g/mol. The van der Waals surface area contributed by atoms with Gasteiger partial charge in [0.05, 0.1) is 12.2 Å². The van der Waals surface area contributed by atoms with Crippen LogP contribution in [0.2, 0.25) is 0 Å². The Hall–Kier alpha value is -3.99. The lowest BCUT2D eigenvalue weighted by atomic mass is 10.1. The number of aromatic nitrogens is 2. The van der Waals surface area contributed by atoms with Gasteiger partial charge in [-0.3, -0.25) is 14.3 Å². The number of carbonyl (C=O) groups is 2. The van der Waals surface area contributed by atoms with Gasteiger partial charge in [0.1, 0.15) is 23.4 Å². The maximum absolute atomic E-state index is 14.6. The van der Waals surface area contributed by atoms with E-state index in [9.17, 15) is 23.5 Å². The topological polar surface area (TPSA) is 106 Å². The molecular formula is C23H24F2N4O5. The third kappa shape index (κ3) is 5.87. The number of aliphatic hydroxyl groups excluding tert-OH is 1. The number of carbonyl (C=O) groups excluding carboxylic acids is 2. The van der Waals surface area contributed by atoms with Crippen LogP contribution in [0, 0.1) is 11.6 Å². The highest BCUT2D eigenvalue weighted by molar-refractivity contribution is 6.04. The summed E-state index contributed by atoms with van der Waals surface area (Å²) in [5.41, 5.74) is -0.359. The van der Waals surface area contributed by atoms with Crippen molar-refractivity contribution in [1.29, 1.82) is 0 Å². The van der Waals surface area contributed by atoms with Crippen LogP contribution in [0.25, 0.3) is 0 Å². The Morgan fingerprint density at radius 2 is 1.85 bits per heavy atom. The Bertz CT molecular complexity index is 1210. The van der Waals surface area contributed by atoms with E-state index in [1.807, 2.05) is 0 Å². The zero-order valence-electron chi connectivity index (χ0n) is 19.0. The van der Waals surface area contributed by atoms with Crippen molar-refractivity contribution < 1.29 is 33.0 Å². The first-order valence-electron chi connectivity index (χ1n) is 10.2. The first-order chi connectivity index (χ1) is 16.1. The van der Waals surface area contributed by atoms with E-state index in [-0.39, 0.29) is 23.7 Å². The first-order valence-corrected chi connectivity index (χ1v) is 10.2. The predicted octanol–water partition coefficient (Wildman–Crippen LogP) is 3.20. The zero-order chi connectivity index (χ0) is 25.0. The van der Waals surface area contributed by atoms with Crippen molar-refractivity contribution in [2.75, 3.05) is 26.0 Å². The molecule has 1 heterocycles. The number of amides is 2. The summed E-state index contributed by atoms with van der Waals surface area (Å²) in [5, 5.41) is 16.0. The van der Waals surface area contributed by atoms with Crippen molar-refractivity contribution in [3.63, 3.8) is 0 Å². The third-order valence-electron chi connectivity index (χ3n) is 4.58. The minimum atomic E-state index is -0.971. The van der Waals surface area contributed by atoms with Gasteiger partial charge >= 0.3 is 0 Å². The molecule has 0 spiro atoms. The minimum Gasteiger partial charge on any atom is -0.488 e. The number of nitrogens with one attached hydrogen (secondary N) is 1. The van der Waals surface area contributed by atoms with Gasteiger partial charge in [0.15, 0.2) is 17.4 Å². The molecule has 2 amide bonds. The van der Waals surface area contributed by atoms with E-state index in [4.69, 9.17) is 9.47 Å². The molecule has 0 fully saturated rings. The molecule has 3 rings (SSSR count). The Kier molecular flexibility index (Phi) is 7.47. The summed E-state index contributed by atoms with van der Waals surface area (Å²) in [7, 11) is 4.53. The largest absolute Gasteiger partial charge is 0.488 e. The van der Waals surface area contributed by atoms with Gasteiger partial charge in [0, 0.05) is 51.1 Å². The summed E-state index contributed by atoms with van der Waals surface area (Å²) in [6.07, 6.45) is 1.04. The van der Waals surface area contributed by atoms with Crippen LogP contribution in [0.5, 0.6) is 17.2 Å². The lowest BCUT2D eigenvalue weighted by Crippen LogP contribution is -2.23. The quantitative estimate of drug-likeness (QED) is 0.520. The Balaban J connectivity index is 1.94. The fourth-order valence-corrected chi connectivity index (χ4v) is 2.91. The summed E-state index contributed by atoms with van der Waals surface area (Å²) < 4.78 is 41.7. The highest BCUT2D eigenvalue weighted by atomic mass is 19.1. The molecule has 2 N–H and O–H groups in total. The third-order valence-corrected chi connectivity index (χ3v) is 4.58. The van der Waals surface area contributed by atoms with Crippen LogP contribution >= 0.6 is 0 Å². The van der Waals surface area contributed by atoms with Gasteiger partial charge in [-0.15, -0.1) is 0 Å². The summed E-state index contributed by atoms with van der Waals surface area (Å²) in [4.78, 5) is 25.9. The summed E-state index contributed by atoms with van der Waals surface area (Å²) in [6.45, 7) is 1.32. The molecule has 0 unspecified atom stereocenters. The van der Waals surface area contributed by atoms with Gasteiger partial charge in [-0.25, -0.2) is 8.78 Å². The highest BCUT2D eigenvalue weighted by Gasteiger charge is 2.20. The van der Waals surface area contributed by atoms with E-state index >= 15 is 0 Å². The fourth-order valence-electron chi connectivity index (χ4n) is 2.91. The van der Waals surface area contributed by atoms with Gasteiger partial charge in [-0.05, 0) is 25.1 Å². The molecule has 0 aliphatic rings. The van der Waals surface area contributed by atoms with Crippen LogP contribution in [0.4, 0.5) is 14.6 Å². The lowest BCUT2D eigenvalue weighted by Gasteiger charge is -2.16. The van der Waals surface area contributed by atoms with E-state index in [0.29, 0.717) is 5.82 Å². The Morgan fingerprint density at radius 1 is 1.15 bits per heavy atom. The Morgan fingerprint density at radius 3 is 2.47 bits per heavy atom. The van der Waals surface area contributed by atoms with Gasteiger partial charge in [0.2, 0.25) is 0 Å². The molecule has 0 saturated heterocycles. The molecule has 0 aliphatic carbocycles. The number of aryl methyl sites for hydroxylation is 1. The van der Waals surface area contributed by atoms with Crippen LogP contribution in [-0.4, -0.2) is 58.4 Å². The summed E-state index contributed by atoms with van der Waals surface area (Å²) in [5.74, 6) is -3.25. The van der Waals surface area contributed by atoms with Gasteiger partial charge in [-0.2, -0.15) is 5.10 Å².